The summed E-state index contributed by atoms with van der Waals surface area (Å²) < 4.78 is 10.5. The Morgan fingerprint density at radius 1 is 1.33 bits per heavy atom. The van der Waals surface area contributed by atoms with Gasteiger partial charge in [-0.25, -0.2) is 0 Å². The maximum Gasteiger partial charge on any atom is 0.246 e. The molecule has 2 heterocycles. The third-order valence-electron chi connectivity index (χ3n) is 4.01. The third kappa shape index (κ3) is 2.88. The maximum absolute atomic E-state index is 12.3. The summed E-state index contributed by atoms with van der Waals surface area (Å²) in [5.74, 6) is 2.55. The van der Waals surface area contributed by atoms with Crippen LogP contribution in [0.3, 0.4) is 0 Å². The van der Waals surface area contributed by atoms with Crippen LogP contribution in [0, 0.1) is 0 Å². The maximum atomic E-state index is 12.3. The third-order valence-corrected chi connectivity index (χ3v) is 5.40. The highest BCUT2D eigenvalue weighted by atomic mass is 32.2. The van der Waals surface area contributed by atoms with Gasteiger partial charge in [-0.05, 0) is 30.2 Å². The van der Waals surface area contributed by atoms with Crippen LogP contribution in [0.2, 0.25) is 0 Å². The summed E-state index contributed by atoms with van der Waals surface area (Å²) in [6, 6.07) is 6.06. The van der Waals surface area contributed by atoms with E-state index in [0.29, 0.717) is 22.8 Å². The molecule has 5 heteroatoms. The van der Waals surface area contributed by atoms with E-state index in [4.69, 9.17) is 9.47 Å². The minimum atomic E-state index is 0.109. The number of likely N-dealkylation sites (tertiary alicyclic amines) is 1. The van der Waals surface area contributed by atoms with Crippen LogP contribution >= 0.6 is 11.8 Å². The fourth-order valence-corrected chi connectivity index (χ4v) is 4.32. The molecule has 0 saturated carbocycles. The molecule has 0 spiro atoms. The monoisotopic (exact) mass is 305 g/mol. The highest BCUT2D eigenvalue weighted by Crippen LogP contribution is 2.37. The van der Waals surface area contributed by atoms with E-state index in [2.05, 4.69) is 0 Å². The number of methoxy groups -OCH3 is 2. The molecule has 2 fully saturated rings. The zero-order valence-electron chi connectivity index (χ0n) is 12.2. The van der Waals surface area contributed by atoms with Gasteiger partial charge in [-0.1, -0.05) is 6.07 Å². The minimum absolute atomic E-state index is 0.109. The summed E-state index contributed by atoms with van der Waals surface area (Å²) in [6.07, 6.45) is 4.65. The summed E-state index contributed by atoms with van der Waals surface area (Å²) in [5, 5.41) is 0.647. The number of nitrogens with zero attached hydrogens (tertiary/aromatic N) is 1. The fourth-order valence-electron chi connectivity index (χ4n) is 2.89. The van der Waals surface area contributed by atoms with Crippen molar-refractivity contribution in [3.05, 3.63) is 29.8 Å². The standard InChI is InChI=1S/C16H19NO3S/c1-19-14-5-3-11(7-15(14)20-2)4-6-16(18)17-9-13-8-12(17)10-21-13/h3-7,12-13H,8-10H2,1-2H3/b6-4+. The second-order valence-corrected chi connectivity index (χ2v) is 6.62. The van der Waals surface area contributed by atoms with Crippen molar-refractivity contribution in [2.24, 2.45) is 0 Å². The van der Waals surface area contributed by atoms with Gasteiger partial charge < -0.3 is 14.4 Å². The lowest BCUT2D eigenvalue weighted by molar-refractivity contribution is -0.126. The number of amides is 1. The lowest BCUT2D eigenvalue weighted by Gasteiger charge is -2.25. The first-order valence-electron chi connectivity index (χ1n) is 7.03. The smallest absolute Gasteiger partial charge is 0.246 e. The van der Waals surface area contributed by atoms with Gasteiger partial charge in [0.25, 0.3) is 0 Å². The summed E-state index contributed by atoms with van der Waals surface area (Å²) >= 11 is 1.99. The number of hydrogen-bond acceptors (Lipinski definition) is 4. The average molecular weight is 305 g/mol. The van der Waals surface area contributed by atoms with Crippen molar-refractivity contribution in [3.63, 3.8) is 0 Å². The summed E-state index contributed by atoms with van der Waals surface area (Å²) in [5.41, 5.74) is 0.930. The van der Waals surface area contributed by atoms with Crippen LogP contribution in [-0.2, 0) is 4.79 Å². The number of carbonyl (C=O) groups is 1. The van der Waals surface area contributed by atoms with E-state index >= 15 is 0 Å². The molecule has 2 aliphatic rings. The molecule has 0 radical (unpaired) electrons. The average Bonchev–Trinajstić information content (AvgIpc) is 3.15. The molecule has 0 N–H and O–H groups in total. The van der Waals surface area contributed by atoms with Crippen molar-refractivity contribution in [1.82, 2.24) is 4.90 Å². The van der Waals surface area contributed by atoms with Gasteiger partial charge in [0.05, 0.1) is 14.2 Å². The van der Waals surface area contributed by atoms with Crippen LogP contribution in [0.25, 0.3) is 6.08 Å². The molecule has 2 aliphatic heterocycles. The van der Waals surface area contributed by atoms with Crippen molar-refractivity contribution >= 4 is 23.7 Å². The number of thioether (sulfide) groups is 1. The van der Waals surface area contributed by atoms with E-state index in [0.717, 1.165) is 24.3 Å². The lowest BCUT2D eigenvalue weighted by atomic mass is 10.2. The van der Waals surface area contributed by atoms with Crippen molar-refractivity contribution in [1.29, 1.82) is 0 Å². The number of fused-ring (bicyclic) bond motifs is 2. The zero-order valence-corrected chi connectivity index (χ0v) is 13.1. The van der Waals surface area contributed by atoms with Crippen LogP contribution in [0.4, 0.5) is 0 Å². The van der Waals surface area contributed by atoms with Crippen LogP contribution in [-0.4, -0.2) is 48.6 Å². The molecule has 2 unspecified atom stereocenters. The number of benzene rings is 1. The van der Waals surface area contributed by atoms with Crippen molar-refractivity contribution in [3.8, 4) is 11.5 Å². The molecular formula is C16H19NO3S. The Labute approximate surface area is 129 Å². The zero-order chi connectivity index (χ0) is 14.8. The highest BCUT2D eigenvalue weighted by molar-refractivity contribution is 8.00. The van der Waals surface area contributed by atoms with Gasteiger partial charge in [-0.3, -0.25) is 4.79 Å². The molecule has 1 aromatic carbocycles. The molecule has 0 aromatic heterocycles. The predicted octanol–water partition coefficient (Wildman–Crippen LogP) is 2.43. The van der Waals surface area contributed by atoms with E-state index in [1.54, 1.807) is 20.3 Å². The molecule has 0 aliphatic carbocycles. The fraction of sp³-hybridized carbons (Fsp3) is 0.438. The molecule has 1 amide bonds. The number of carbonyl (C=O) groups excluding carboxylic acids is 1. The van der Waals surface area contributed by atoms with Gasteiger partial charge in [0.15, 0.2) is 11.5 Å². The molecule has 21 heavy (non-hydrogen) atoms. The van der Waals surface area contributed by atoms with Crippen LogP contribution < -0.4 is 9.47 Å². The van der Waals surface area contributed by atoms with Gasteiger partial charge >= 0.3 is 0 Å². The lowest BCUT2D eigenvalue weighted by Crippen LogP contribution is -2.38. The molecular weight excluding hydrogens is 286 g/mol. The number of ether oxygens (including phenoxy) is 2. The Morgan fingerprint density at radius 2 is 2.14 bits per heavy atom. The Bertz CT molecular complexity index is 573. The Balaban J connectivity index is 1.69. The molecule has 3 rings (SSSR count). The molecule has 2 atom stereocenters. The molecule has 2 bridgehead atoms. The summed E-state index contributed by atoms with van der Waals surface area (Å²) in [6.45, 7) is 0.893. The number of rotatable bonds is 4. The van der Waals surface area contributed by atoms with Crippen molar-refractivity contribution in [2.75, 3.05) is 26.5 Å². The SMILES string of the molecule is COc1ccc(/C=C/C(=O)N2CC3CC2CS3)cc1OC. The van der Waals surface area contributed by atoms with Gasteiger partial charge in [-0.2, -0.15) is 11.8 Å². The van der Waals surface area contributed by atoms with Gasteiger partial charge in [-0.15, -0.1) is 0 Å². The largest absolute Gasteiger partial charge is 0.493 e. The van der Waals surface area contributed by atoms with E-state index in [1.807, 2.05) is 40.9 Å². The highest BCUT2D eigenvalue weighted by Gasteiger charge is 2.40. The Hall–Kier alpha value is -1.62. The Kier molecular flexibility index (Phi) is 4.10. The van der Waals surface area contributed by atoms with Crippen LogP contribution in [0.5, 0.6) is 11.5 Å². The summed E-state index contributed by atoms with van der Waals surface area (Å²) in [7, 11) is 3.21. The van der Waals surface area contributed by atoms with Crippen LogP contribution in [0.1, 0.15) is 12.0 Å². The Morgan fingerprint density at radius 3 is 2.76 bits per heavy atom. The topological polar surface area (TPSA) is 38.8 Å². The second kappa shape index (κ2) is 6.02. The van der Waals surface area contributed by atoms with E-state index < -0.39 is 0 Å². The van der Waals surface area contributed by atoms with Crippen molar-refractivity contribution < 1.29 is 14.3 Å². The predicted molar refractivity (Wildman–Crippen MR) is 84.9 cm³/mol. The van der Waals surface area contributed by atoms with E-state index in [-0.39, 0.29) is 5.91 Å². The number of hydrogen-bond donors (Lipinski definition) is 0. The van der Waals surface area contributed by atoms with Crippen LogP contribution in [0.15, 0.2) is 24.3 Å². The van der Waals surface area contributed by atoms with Crippen molar-refractivity contribution in [2.45, 2.75) is 17.7 Å². The molecule has 112 valence electrons. The first-order valence-corrected chi connectivity index (χ1v) is 8.08. The first kappa shape index (κ1) is 14.3. The van der Waals surface area contributed by atoms with E-state index in [1.165, 1.54) is 0 Å². The van der Waals surface area contributed by atoms with Gasteiger partial charge in [0.1, 0.15) is 0 Å². The molecule has 1 aromatic rings. The first-order chi connectivity index (χ1) is 10.2. The van der Waals surface area contributed by atoms with Gasteiger partial charge in [0, 0.05) is 29.7 Å². The normalized spacial score (nSPS) is 23.8. The quantitative estimate of drug-likeness (QED) is 0.801. The summed E-state index contributed by atoms with van der Waals surface area (Å²) in [4.78, 5) is 14.3. The second-order valence-electron chi connectivity index (χ2n) is 5.28. The van der Waals surface area contributed by atoms with Gasteiger partial charge in [0.2, 0.25) is 5.91 Å². The molecule has 2 saturated heterocycles. The van der Waals surface area contributed by atoms with E-state index in [9.17, 15) is 4.79 Å². The minimum Gasteiger partial charge on any atom is -0.493 e. The molecule has 4 nitrogen and oxygen atoms in total.